The Morgan fingerprint density at radius 2 is 2.10 bits per heavy atom. The molecular weight excluding hydrogens is 256 g/mol. The van der Waals surface area contributed by atoms with Gasteiger partial charge in [0, 0.05) is 5.70 Å². The Balaban J connectivity index is 2.51. The van der Waals surface area contributed by atoms with Crippen molar-refractivity contribution in [2.45, 2.75) is 20.3 Å². The van der Waals surface area contributed by atoms with Crippen LogP contribution in [0.2, 0.25) is 0 Å². The van der Waals surface area contributed by atoms with Crippen molar-refractivity contribution >= 4 is 23.4 Å². The number of ether oxygens (including phenoxy) is 1. The van der Waals surface area contributed by atoms with Crippen molar-refractivity contribution in [2.75, 3.05) is 12.0 Å². The molecule has 0 aliphatic carbocycles. The van der Waals surface area contributed by atoms with Crippen molar-refractivity contribution in [2.24, 2.45) is 4.99 Å². The highest BCUT2D eigenvalue weighted by Gasteiger charge is 2.25. The molecule has 0 aromatic heterocycles. The molecule has 5 nitrogen and oxygen atoms in total. The number of methoxy groups -OCH3 is 1. The summed E-state index contributed by atoms with van der Waals surface area (Å²) in [5.41, 5.74) is 2.48. The number of rotatable bonds is 2. The molecule has 1 heterocycles. The number of esters is 1. The molecule has 0 radical (unpaired) electrons. The Morgan fingerprint density at radius 3 is 2.70 bits per heavy atom. The van der Waals surface area contributed by atoms with Crippen molar-refractivity contribution in [1.29, 1.82) is 0 Å². The topological polar surface area (TPSA) is 59.0 Å². The predicted octanol–water partition coefficient (Wildman–Crippen LogP) is 2.45. The lowest BCUT2D eigenvalue weighted by molar-refractivity contribution is -0.117. The third-order valence-electron chi connectivity index (χ3n) is 3.12. The van der Waals surface area contributed by atoms with Gasteiger partial charge < -0.3 is 4.74 Å². The first-order chi connectivity index (χ1) is 9.43. The molecule has 20 heavy (non-hydrogen) atoms. The number of amidine groups is 1. The van der Waals surface area contributed by atoms with E-state index >= 15 is 0 Å². The van der Waals surface area contributed by atoms with Gasteiger partial charge >= 0.3 is 5.97 Å². The minimum Gasteiger partial charge on any atom is -0.465 e. The van der Waals surface area contributed by atoms with E-state index < -0.39 is 5.97 Å². The number of aryl methyl sites for hydroxylation is 1. The summed E-state index contributed by atoms with van der Waals surface area (Å²) in [6, 6.07) is 5.10. The van der Waals surface area contributed by atoms with Crippen LogP contribution in [0.25, 0.3) is 0 Å². The molecular formula is C15H16N2O3. The number of carbonyl (C=O) groups excluding carboxylic acids is 2. The molecule has 5 heteroatoms. The smallest absolute Gasteiger partial charge is 0.337 e. The van der Waals surface area contributed by atoms with E-state index in [1.165, 1.54) is 12.0 Å². The monoisotopic (exact) mass is 272 g/mol. The SMILES string of the molecule is C=C1CC(=O)N(c2cc(C(=O)OC)ccc2C)C(C)=N1. The molecule has 0 spiro atoms. The van der Waals surface area contributed by atoms with Crippen LogP contribution in [-0.4, -0.2) is 24.8 Å². The standard InChI is InChI=1S/C15H16N2O3/c1-9-5-6-12(15(19)20-4)8-13(9)17-11(3)16-10(2)7-14(17)18/h5-6,8H,2,7H2,1,3-4H3. The zero-order valence-corrected chi connectivity index (χ0v) is 11.8. The number of aliphatic imine (C=N–C) groups is 1. The zero-order valence-electron chi connectivity index (χ0n) is 11.8. The molecule has 1 amide bonds. The van der Waals surface area contributed by atoms with E-state index in [2.05, 4.69) is 11.6 Å². The lowest BCUT2D eigenvalue weighted by Crippen LogP contribution is -2.38. The van der Waals surface area contributed by atoms with E-state index in [1.54, 1.807) is 25.1 Å². The molecule has 2 rings (SSSR count). The van der Waals surface area contributed by atoms with Crippen molar-refractivity contribution in [3.8, 4) is 0 Å². The number of hydrogen-bond donors (Lipinski definition) is 0. The highest BCUT2D eigenvalue weighted by molar-refractivity contribution is 6.19. The highest BCUT2D eigenvalue weighted by Crippen LogP contribution is 2.26. The van der Waals surface area contributed by atoms with Crippen LogP contribution >= 0.6 is 0 Å². The Kier molecular flexibility index (Phi) is 3.70. The van der Waals surface area contributed by atoms with Crippen LogP contribution < -0.4 is 4.90 Å². The Labute approximate surface area is 117 Å². The summed E-state index contributed by atoms with van der Waals surface area (Å²) in [6.45, 7) is 7.33. The van der Waals surface area contributed by atoms with Crippen LogP contribution in [0.1, 0.15) is 29.3 Å². The van der Waals surface area contributed by atoms with Crippen molar-refractivity contribution in [1.82, 2.24) is 0 Å². The zero-order chi connectivity index (χ0) is 14.9. The fourth-order valence-corrected chi connectivity index (χ4v) is 2.16. The van der Waals surface area contributed by atoms with Gasteiger partial charge in [-0.15, -0.1) is 0 Å². The van der Waals surface area contributed by atoms with Crippen molar-refractivity contribution in [3.63, 3.8) is 0 Å². The average Bonchev–Trinajstić information content (AvgIpc) is 2.38. The Bertz CT molecular complexity index is 632. The Hall–Kier alpha value is -2.43. The minimum atomic E-state index is -0.435. The predicted molar refractivity (Wildman–Crippen MR) is 76.9 cm³/mol. The molecule has 0 unspecified atom stereocenters. The van der Waals surface area contributed by atoms with Gasteiger partial charge in [-0.1, -0.05) is 12.6 Å². The van der Waals surface area contributed by atoms with E-state index in [1.807, 2.05) is 6.92 Å². The van der Waals surface area contributed by atoms with Gasteiger partial charge in [0.2, 0.25) is 5.91 Å². The average molecular weight is 272 g/mol. The minimum absolute atomic E-state index is 0.104. The van der Waals surface area contributed by atoms with E-state index in [4.69, 9.17) is 4.74 Å². The molecule has 1 aromatic carbocycles. The number of amides is 1. The maximum Gasteiger partial charge on any atom is 0.337 e. The normalized spacial score (nSPS) is 15.2. The van der Waals surface area contributed by atoms with Crippen LogP contribution in [0, 0.1) is 6.92 Å². The molecule has 1 aliphatic heterocycles. The summed E-state index contributed by atoms with van der Waals surface area (Å²) in [5.74, 6) is 0.0127. The molecule has 1 aliphatic rings. The first kappa shape index (κ1) is 14.0. The first-order valence-corrected chi connectivity index (χ1v) is 6.19. The quantitative estimate of drug-likeness (QED) is 0.777. The van der Waals surface area contributed by atoms with Gasteiger partial charge in [0.15, 0.2) is 0 Å². The highest BCUT2D eigenvalue weighted by atomic mass is 16.5. The second-order valence-electron chi connectivity index (χ2n) is 4.62. The van der Waals surface area contributed by atoms with Crippen molar-refractivity contribution in [3.05, 3.63) is 41.6 Å². The second kappa shape index (κ2) is 5.28. The van der Waals surface area contributed by atoms with E-state index in [9.17, 15) is 9.59 Å². The summed E-state index contributed by atoms with van der Waals surface area (Å²) < 4.78 is 4.70. The fraction of sp³-hybridized carbons (Fsp3) is 0.267. The molecule has 0 atom stereocenters. The first-order valence-electron chi connectivity index (χ1n) is 6.19. The van der Waals surface area contributed by atoms with Gasteiger partial charge in [-0.2, -0.15) is 0 Å². The fourth-order valence-electron chi connectivity index (χ4n) is 2.16. The molecule has 0 saturated carbocycles. The van der Waals surface area contributed by atoms with Gasteiger partial charge in [-0.05, 0) is 31.5 Å². The number of carbonyl (C=O) groups is 2. The lowest BCUT2D eigenvalue weighted by atomic mass is 10.1. The van der Waals surface area contributed by atoms with E-state index in [-0.39, 0.29) is 12.3 Å². The number of anilines is 1. The molecule has 0 N–H and O–H groups in total. The largest absolute Gasteiger partial charge is 0.465 e. The third kappa shape index (κ3) is 2.47. The summed E-state index contributed by atoms with van der Waals surface area (Å²) in [6.07, 6.45) is 0.180. The van der Waals surface area contributed by atoms with Crippen LogP contribution in [0.3, 0.4) is 0 Å². The van der Waals surface area contributed by atoms with Gasteiger partial charge in [0.1, 0.15) is 5.84 Å². The summed E-state index contributed by atoms with van der Waals surface area (Å²) in [5, 5.41) is 0. The summed E-state index contributed by atoms with van der Waals surface area (Å²) in [4.78, 5) is 29.5. The van der Waals surface area contributed by atoms with Crippen LogP contribution in [0.5, 0.6) is 0 Å². The number of benzene rings is 1. The molecule has 0 bridgehead atoms. The van der Waals surface area contributed by atoms with Crippen LogP contribution in [0.4, 0.5) is 5.69 Å². The maximum absolute atomic E-state index is 12.2. The lowest BCUT2D eigenvalue weighted by Gasteiger charge is -2.28. The van der Waals surface area contributed by atoms with Gasteiger partial charge in [0.05, 0.1) is 24.8 Å². The number of nitrogens with zero attached hydrogens (tertiary/aromatic N) is 2. The molecule has 0 fully saturated rings. The molecule has 104 valence electrons. The maximum atomic E-state index is 12.2. The summed E-state index contributed by atoms with van der Waals surface area (Å²) in [7, 11) is 1.32. The molecule has 0 saturated heterocycles. The Morgan fingerprint density at radius 1 is 1.40 bits per heavy atom. The summed E-state index contributed by atoms with van der Waals surface area (Å²) >= 11 is 0. The van der Waals surface area contributed by atoms with Gasteiger partial charge in [-0.25, -0.2) is 9.79 Å². The van der Waals surface area contributed by atoms with E-state index in [0.29, 0.717) is 22.8 Å². The van der Waals surface area contributed by atoms with Crippen molar-refractivity contribution < 1.29 is 14.3 Å². The van der Waals surface area contributed by atoms with E-state index in [0.717, 1.165) is 5.56 Å². The third-order valence-corrected chi connectivity index (χ3v) is 3.12. The van der Waals surface area contributed by atoms with Gasteiger partial charge in [-0.3, -0.25) is 9.69 Å². The van der Waals surface area contributed by atoms with Crippen LogP contribution in [0.15, 0.2) is 35.5 Å². The second-order valence-corrected chi connectivity index (χ2v) is 4.62. The van der Waals surface area contributed by atoms with Gasteiger partial charge in [0.25, 0.3) is 0 Å². The molecule has 1 aromatic rings. The number of hydrogen-bond acceptors (Lipinski definition) is 4. The van der Waals surface area contributed by atoms with Crippen LogP contribution in [-0.2, 0) is 9.53 Å².